The van der Waals surface area contributed by atoms with Crippen LogP contribution in [0.25, 0.3) is 0 Å². The van der Waals surface area contributed by atoms with E-state index < -0.39 is 86.3 Å². The van der Waals surface area contributed by atoms with E-state index in [1.54, 1.807) is 0 Å². The van der Waals surface area contributed by atoms with E-state index >= 15 is 0 Å². The Balaban J connectivity index is 1.56. The number of ether oxygens (including phenoxy) is 1. The second kappa shape index (κ2) is 13.0. The third-order valence-electron chi connectivity index (χ3n) is 6.76. The minimum atomic E-state index is -5.03. The van der Waals surface area contributed by atoms with Gasteiger partial charge in [-0.3, -0.25) is 9.59 Å². The number of hydrogen-bond acceptors (Lipinski definition) is 5. The zero-order valence-corrected chi connectivity index (χ0v) is 26.9. The molecule has 1 aliphatic rings. The predicted molar refractivity (Wildman–Crippen MR) is 163 cm³/mol. The SMILES string of the molecule is CC(C)(C)OC(=O)N(C(=O)O)c1cc(NC(=O)c2cc(NC(=O)[C@H]3[C@H](c4ccc(F)c(C(F)(F)F)c4)C3(Cl)Cl)ccc2Cl)c(F)cc1F. The van der Waals surface area contributed by atoms with E-state index in [1.165, 1.54) is 26.8 Å². The largest absolute Gasteiger partial charge is 0.464 e. The summed E-state index contributed by atoms with van der Waals surface area (Å²) in [5.74, 6) is -8.88. The topological polar surface area (TPSA) is 125 Å². The van der Waals surface area contributed by atoms with Crippen LogP contribution < -0.4 is 15.5 Å². The smallest absolute Gasteiger partial charge is 0.424 e. The fraction of sp³-hybridized carbons (Fsp3) is 0.267. The van der Waals surface area contributed by atoms with E-state index in [-0.39, 0.29) is 32.8 Å². The maximum atomic E-state index is 14.7. The highest BCUT2D eigenvalue weighted by Crippen LogP contribution is 2.65. The van der Waals surface area contributed by atoms with Crippen LogP contribution in [0.5, 0.6) is 0 Å². The van der Waals surface area contributed by atoms with E-state index in [4.69, 9.17) is 39.5 Å². The maximum absolute atomic E-state index is 14.7. The molecule has 4 rings (SSSR count). The molecule has 18 heteroatoms. The van der Waals surface area contributed by atoms with Gasteiger partial charge in [-0.15, -0.1) is 23.2 Å². The highest BCUT2D eigenvalue weighted by Gasteiger charge is 2.67. The van der Waals surface area contributed by atoms with Crippen LogP contribution in [0.2, 0.25) is 5.02 Å². The summed E-state index contributed by atoms with van der Waals surface area (Å²) in [6.45, 7) is 4.25. The Bertz CT molecular complexity index is 1830. The summed E-state index contributed by atoms with van der Waals surface area (Å²) in [4.78, 5) is 50.3. The number of rotatable bonds is 6. The lowest BCUT2D eigenvalue weighted by atomic mass is 10.0. The van der Waals surface area contributed by atoms with Crippen LogP contribution in [0.4, 0.5) is 53.0 Å². The Kier molecular flexibility index (Phi) is 9.93. The van der Waals surface area contributed by atoms with Gasteiger partial charge in [0.15, 0.2) is 5.82 Å². The van der Waals surface area contributed by atoms with E-state index in [0.29, 0.717) is 18.2 Å². The van der Waals surface area contributed by atoms with E-state index in [1.807, 2.05) is 0 Å². The molecular weight excluding hydrogens is 719 g/mol. The Morgan fingerprint density at radius 3 is 2.12 bits per heavy atom. The van der Waals surface area contributed by atoms with Crippen molar-refractivity contribution in [3.05, 3.63) is 87.7 Å². The van der Waals surface area contributed by atoms with Gasteiger partial charge in [0.05, 0.1) is 33.4 Å². The number of nitrogens with one attached hydrogen (secondary N) is 2. The van der Waals surface area contributed by atoms with E-state index in [9.17, 15) is 50.6 Å². The molecule has 3 aromatic rings. The van der Waals surface area contributed by atoms with Crippen LogP contribution in [0.1, 0.15) is 48.2 Å². The fourth-order valence-electron chi connectivity index (χ4n) is 4.60. The molecule has 0 unspecified atom stereocenters. The Labute approximate surface area is 282 Å². The van der Waals surface area contributed by atoms with Gasteiger partial charge in [0.25, 0.3) is 5.91 Å². The Morgan fingerprint density at radius 1 is 0.896 bits per heavy atom. The molecule has 0 saturated heterocycles. The number of alkyl halides is 5. The van der Waals surface area contributed by atoms with Crippen molar-refractivity contribution in [1.82, 2.24) is 0 Å². The zero-order chi connectivity index (χ0) is 36.1. The van der Waals surface area contributed by atoms with Crippen molar-refractivity contribution >= 4 is 75.9 Å². The minimum absolute atomic E-state index is 0.0957. The zero-order valence-electron chi connectivity index (χ0n) is 24.6. The Morgan fingerprint density at radius 2 is 1.54 bits per heavy atom. The number of carbonyl (C=O) groups excluding carboxylic acids is 3. The fourth-order valence-corrected chi connectivity index (χ4v) is 5.63. The number of nitrogens with zero attached hydrogens (tertiary/aromatic N) is 1. The summed E-state index contributed by atoms with van der Waals surface area (Å²) in [5, 5.41) is 13.8. The number of carbonyl (C=O) groups is 4. The predicted octanol–water partition coefficient (Wildman–Crippen LogP) is 8.97. The summed E-state index contributed by atoms with van der Waals surface area (Å²) in [6, 6.07) is 6.26. The number of halogens is 9. The number of anilines is 3. The number of imide groups is 1. The molecule has 1 saturated carbocycles. The summed E-state index contributed by atoms with van der Waals surface area (Å²) < 4.78 is 85.9. The first-order valence-corrected chi connectivity index (χ1v) is 14.6. The monoisotopic (exact) mass is 739 g/mol. The van der Waals surface area contributed by atoms with Gasteiger partial charge in [-0.2, -0.15) is 18.1 Å². The average Bonchev–Trinajstić information content (AvgIpc) is 3.52. The van der Waals surface area contributed by atoms with Crippen LogP contribution in [-0.4, -0.2) is 39.0 Å². The van der Waals surface area contributed by atoms with E-state index in [0.717, 1.165) is 18.2 Å². The van der Waals surface area contributed by atoms with Crippen LogP contribution in [0.3, 0.4) is 0 Å². The average molecular weight is 741 g/mol. The molecular formula is C30H22Cl3F6N3O6. The molecule has 9 nitrogen and oxygen atoms in total. The van der Waals surface area contributed by atoms with Gasteiger partial charge in [0.2, 0.25) is 5.91 Å². The number of carboxylic acid groups (broad SMARTS) is 1. The van der Waals surface area contributed by atoms with Crippen LogP contribution in [0, 0.1) is 23.4 Å². The molecule has 1 aliphatic carbocycles. The van der Waals surface area contributed by atoms with Crippen molar-refractivity contribution in [3.8, 4) is 0 Å². The van der Waals surface area contributed by atoms with Gasteiger partial charge >= 0.3 is 18.4 Å². The second-order valence-electron chi connectivity index (χ2n) is 11.4. The van der Waals surface area contributed by atoms with Crippen molar-refractivity contribution in [3.63, 3.8) is 0 Å². The number of benzene rings is 3. The van der Waals surface area contributed by atoms with Gasteiger partial charge in [-0.05, 0) is 62.7 Å². The van der Waals surface area contributed by atoms with Crippen molar-refractivity contribution < 1.29 is 55.4 Å². The number of amides is 4. The molecule has 4 amide bonds. The molecule has 0 spiro atoms. The molecule has 2 atom stereocenters. The lowest BCUT2D eigenvalue weighted by Crippen LogP contribution is -2.40. The molecule has 0 aliphatic heterocycles. The first kappa shape index (κ1) is 36.6. The molecule has 0 aromatic heterocycles. The lowest BCUT2D eigenvalue weighted by molar-refractivity contribution is -0.140. The van der Waals surface area contributed by atoms with Gasteiger partial charge in [0.1, 0.15) is 21.6 Å². The van der Waals surface area contributed by atoms with Gasteiger partial charge < -0.3 is 20.5 Å². The van der Waals surface area contributed by atoms with Crippen LogP contribution >= 0.6 is 34.8 Å². The van der Waals surface area contributed by atoms with Crippen molar-refractivity contribution in [2.75, 3.05) is 15.5 Å². The minimum Gasteiger partial charge on any atom is -0.464 e. The lowest BCUT2D eigenvalue weighted by Gasteiger charge is -2.25. The van der Waals surface area contributed by atoms with Crippen molar-refractivity contribution in [1.29, 1.82) is 0 Å². The molecule has 3 aromatic carbocycles. The van der Waals surface area contributed by atoms with Gasteiger partial charge in [0, 0.05) is 17.7 Å². The van der Waals surface area contributed by atoms with Crippen molar-refractivity contribution in [2.24, 2.45) is 5.92 Å². The first-order chi connectivity index (χ1) is 22.0. The van der Waals surface area contributed by atoms with Crippen LogP contribution in [-0.2, 0) is 15.7 Å². The van der Waals surface area contributed by atoms with E-state index in [2.05, 4.69) is 10.6 Å². The summed E-state index contributed by atoms with van der Waals surface area (Å²) >= 11 is 18.6. The van der Waals surface area contributed by atoms with Crippen molar-refractivity contribution in [2.45, 2.75) is 42.8 Å². The molecule has 3 N–H and O–H groups in total. The standard InChI is InChI=1S/C30H22Cl3F6N3O6/c1-28(2,3)48-27(47)42(26(45)46)21-11-20(18(35)10-19(21)36)41-24(43)14-9-13(5-6-16(14)31)40-25(44)23-22(29(23,32)33)12-4-7-17(34)15(8-12)30(37,38)39/h4-11,22-23H,1-3H3,(H,40,44)(H,41,43)(H,45,46)/t22-,23+/m0/s1. The molecule has 1 fully saturated rings. The molecule has 0 radical (unpaired) electrons. The maximum Gasteiger partial charge on any atom is 0.424 e. The molecule has 256 valence electrons. The third kappa shape index (κ3) is 7.74. The highest BCUT2D eigenvalue weighted by atomic mass is 35.5. The van der Waals surface area contributed by atoms with Gasteiger partial charge in [-0.25, -0.2) is 22.8 Å². The van der Waals surface area contributed by atoms with Crippen LogP contribution in [0.15, 0.2) is 48.5 Å². The summed E-state index contributed by atoms with van der Waals surface area (Å²) in [7, 11) is 0. The van der Waals surface area contributed by atoms with Gasteiger partial charge in [-0.1, -0.05) is 17.7 Å². The normalized spacial score (nSPS) is 16.9. The highest BCUT2D eigenvalue weighted by molar-refractivity contribution is 6.53. The first-order valence-electron chi connectivity index (χ1n) is 13.4. The second-order valence-corrected chi connectivity index (χ2v) is 13.2. The quantitative estimate of drug-likeness (QED) is 0.171. The summed E-state index contributed by atoms with van der Waals surface area (Å²) in [6.07, 6.45) is -8.52. The Hall–Kier alpha value is -4.21. The number of hydrogen-bond donors (Lipinski definition) is 3. The third-order valence-corrected chi connectivity index (χ3v) is 8.03. The molecule has 48 heavy (non-hydrogen) atoms. The summed E-state index contributed by atoms with van der Waals surface area (Å²) in [5.41, 5.74) is -5.15. The molecule has 0 heterocycles. The molecule has 0 bridgehead atoms.